The van der Waals surface area contributed by atoms with Crippen molar-refractivity contribution in [3.8, 4) is 5.75 Å². The molecule has 1 heterocycles. The highest BCUT2D eigenvalue weighted by Gasteiger charge is 2.31. The van der Waals surface area contributed by atoms with Crippen LogP contribution in [0.1, 0.15) is 32.3 Å². The average Bonchev–Trinajstić information content (AvgIpc) is 2.47. The Hall–Kier alpha value is -1.10. The number of para-hydroxylation sites is 1. The van der Waals surface area contributed by atoms with E-state index < -0.39 is 0 Å². The van der Waals surface area contributed by atoms with Crippen molar-refractivity contribution in [2.75, 3.05) is 40.9 Å². The van der Waals surface area contributed by atoms with Crippen LogP contribution in [0.5, 0.6) is 5.75 Å². The normalized spacial score (nSPS) is 20.9. The SMILES string of the molecule is CN(C)CCOc1ccccc1CN(C)[C@H]1CCOC(C)(C)C1. The molecule has 0 aromatic heterocycles. The Morgan fingerprint density at radius 3 is 2.65 bits per heavy atom. The highest BCUT2D eigenvalue weighted by atomic mass is 16.5. The molecular formula is C19H32N2O2. The zero-order valence-corrected chi connectivity index (χ0v) is 15.3. The molecular weight excluding hydrogens is 288 g/mol. The van der Waals surface area contributed by atoms with Gasteiger partial charge in [-0.3, -0.25) is 4.90 Å². The summed E-state index contributed by atoms with van der Waals surface area (Å²) in [6, 6.07) is 8.95. The number of nitrogens with zero attached hydrogens (tertiary/aromatic N) is 2. The molecule has 4 heteroatoms. The molecule has 1 fully saturated rings. The second-order valence-corrected chi connectivity index (χ2v) is 7.43. The average molecular weight is 320 g/mol. The van der Waals surface area contributed by atoms with E-state index in [0.717, 1.165) is 44.9 Å². The number of benzene rings is 1. The maximum atomic E-state index is 5.98. The minimum Gasteiger partial charge on any atom is -0.492 e. The number of rotatable bonds is 7. The summed E-state index contributed by atoms with van der Waals surface area (Å²) in [7, 11) is 6.34. The third kappa shape index (κ3) is 5.79. The van der Waals surface area contributed by atoms with Crippen molar-refractivity contribution in [3.05, 3.63) is 29.8 Å². The van der Waals surface area contributed by atoms with Gasteiger partial charge in [0.1, 0.15) is 12.4 Å². The van der Waals surface area contributed by atoms with E-state index in [1.807, 2.05) is 6.07 Å². The van der Waals surface area contributed by atoms with Crippen molar-refractivity contribution >= 4 is 0 Å². The molecule has 1 atom stereocenters. The maximum Gasteiger partial charge on any atom is 0.123 e. The van der Waals surface area contributed by atoms with Gasteiger partial charge in [-0.25, -0.2) is 0 Å². The Morgan fingerprint density at radius 2 is 1.96 bits per heavy atom. The van der Waals surface area contributed by atoms with E-state index in [1.165, 1.54) is 5.56 Å². The van der Waals surface area contributed by atoms with Gasteiger partial charge < -0.3 is 14.4 Å². The van der Waals surface area contributed by atoms with Gasteiger partial charge in [-0.05, 0) is 53.9 Å². The van der Waals surface area contributed by atoms with Crippen LogP contribution >= 0.6 is 0 Å². The van der Waals surface area contributed by atoms with Crippen molar-refractivity contribution in [1.29, 1.82) is 0 Å². The minimum absolute atomic E-state index is 0.0150. The molecule has 2 rings (SSSR count). The van der Waals surface area contributed by atoms with Crippen molar-refractivity contribution in [2.24, 2.45) is 0 Å². The van der Waals surface area contributed by atoms with Gasteiger partial charge in [0.05, 0.1) is 5.60 Å². The van der Waals surface area contributed by atoms with E-state index >= 15 is 0 Å². The Balaban J connectivity index is 1.96. The van der Waals surface area contributed by atoms with Gasteiger partial charge in [-0.15, -0.1) is 0 Å². The topological polar surface area (TPSA) is 24.9 Å². The van der Waals surface area contributed by atoms with Crippen LogP contribution < -0.4 is 4.74 Å². The summed E-state index contributed by atoms with van der Waals surface area (Å²) < 4.78 is 11.8. The predicted molar refractivity (Wildman–Crippen MR) is 95.0 cm³/mol. The lowest BCUT2D eigenvalue weighted by Gasteiger charge is -2.40. The number of hydrogen-bond acceptors (Lipinski definition) is 4. The summed E-state index contributed by atoms with van der Waals surface area (Å²) >= 11 is 0. The molecule has 0 saturated carbocycles. The van der Waals surface area contributed by atoms with Crippen LogP contribution in [0.4, 0.5) is 0 Å². The molecule has 130 valence electrons. The largest absolute Gasteiger partial charge is 0.492 e. The summed E-state index contributed by atoms with van der Waals surface area (Å²) in [5.74, 6) is 1.01. The van der Waals surface area contributed by atoms with Crippen LogP contribution in [0.25, 0.3) is 0 Å². The van der Waals surface area contributed by atoms with E-state index in [1.54, 1.807) is 0 Å². The lowest BCUT2D eigenvalue weighted by atomic mass is 9.93. The van der Waals surface area contributed by atoms with Gasteiger partial charge >= 0.3 is 0 Å². The van der Waals surface area contributed by atoms with E-state index in [9.17, 15) is 0 Å². The summed E-state index contributed by atoms with van der Waals surface area (Å²) in [5.41, 5.74) is 1.25. The third-order valence-electron chi connectivity index (χ3n) is 4.48. The van der Waals surface area contributed by atoms with Gasteiger partial charge in [0.2, 0.25) is 0 Å². The van der Waals surface area contributed by atoms with Crippen LogP contribution in [0.3, 0.4) is 0 Å². The molecule has 1 aliphatic heterocycles. The van der Waals surface area contributed by atoms with Crippen molar-refractivity contribution in [2.45, 2.75) is 44.9 Å². The number of ether oxygens (including phenoxy) is 2. The van der Waals surface area contributed by atoms with Crippen molar-refractivity contribution in [1.82, 2.24) is 9.80 Å². The standard InChI is InChI=1S/C19H32N2O2/c1-19(2)14-17(10-12-23-19)21(5)15-16-8-6-7-9-18(16)22-13-11-20(3)4/h6-9,17H,10-15H2,1-5H3/t17-/m0/s1. The monoisotopic (exact) mass is 320 g/mol. The van der Waals surface area contributed by atoms with E-state index in [0.29, 0.717) is 6.04 Å². The Labute approximate surface area is 141 Å². The van der Waals surface area contributed by atoms with E-state index in [2.05, 4.69) is 63.0 Å². The zero-order valence-electron chi connectivity index (χ0n) is 15.3. The molecule has 1 aliphatic rings. The van der Waals surface area contributed by atoms with E-state index in [4.69, 9.17) is 9.47 Å². The fourth-order valence-corrected chi connectivity index (χ4v) is 3.09. The molecule has 0 bridgehead atoms. The highest BCUT2D eigenvalue weighted by molar-refractivity contribution is 5.33. The summed E-state index contributed by atoms with van der Waals surface area (Å²) in [5, 5.41) is 0. The molecule has 0 radical (unpaired) electrons. The zero-order chi connectivity index (χ0) is 16.9. The van der Waals surface area contributed by atoms with Crippen LogP contribution in [0, 0.1) is 0 Å². The Morgan fingerprint density at radius 1 is 1.22 bits per heavy atom. The fraction of sp³-hybridized carbons (Fsp3) is 0.684. The van der Waals surface area contributed by atoms with Crippen LogP contribution in [0.15, 0.2) is 24.3 Å². The summed E-state index contributed by atoms with van der Waals surface area (Å²) in [6.07, 6.45) is 2.18. The first-order valence-corrected chi connectivity index (χ1v) is 8.57. The quantitative estimate of drug-likeness (QED) is 0.771. The lowest BCUT2D eigenvalue weighted by molar-refractivity contribution is -0.0810. The molecule has 1 aromatic rings. The number of likely N-dealkylation sites (N-methyl/N-ethyl adjacent to an activating group) is 1. The van der Waals surface area contributed by atoms with Crippen molar-refractivity contribution < 1.29 is 9.47 Å². The number of hydrogen-bond donors (Lipinski definition) is 0. The molecule has 1 saturated heterocycles. The first-order chi connectivity index (χ1) is 10.9. The Bertz CT molecular complexity index is 488. The summed E-state index contributed by atoms with van der Waals surface area (Å²) in [4.78, 5) is 4.58. The van der Waals surface area contributed by atoms with Gasteiger partial charge in [0.25, 0.3) is 0 Å². The Kier molecular flexibility index (Phi) is 6.45. The molecule has 1 aromatic carbocycles. The lowest BCUT2D eigenvalue weighted by Crippen LogP contribution is -2.44. The second kappa shape index (κ2) is 8.13. The van der Waals surface area contributed by atoms with Crippen LogP contribution in [0.2, 0.25) is 0 Å². The predicted octanol–water partition coefficient (Wildman–Crippen LogP) is 3.02. The summed E-state index contributed by atoms with van der Waals surface area (Å²) in [6.45, 7) is 7.79. The van der Waals surface area contributed by atoms with Crippen LogP contribution in [-0.4, -0.2) is 62.3 Å². The maximum absolute atomic E-state index is 5.98. The molecule has 0 aliphatic carbocycles. The van der Waals surface area contributed by atoms with Crippen LogP contribution in [-0.2, 0) is 11.3 Å². The molecule has 0 unspecified atom stereocenters. The molecule has 0 N–H and O–H groups in total. The third-order valence-corrected chi connectivity index (χ3v) is 4.48. The first-order valence-electron chi connectivity index (χ1n) is 8.57. The molecule has 0 amide bonds. The van der Waals surface area contributed by atoms with E-state index in [-0.39, 0.29) is 5.60 Å². The molecule has 23 heavy (non-hydrogen) atoms. The smallest absolute Gasteiger partial charge is 0.123 e. The molecule has 4 nitrogen and oxygen atoms in total. The second-order valence-electron chi connectivity index (χ2n) is 7.43. The minimum atomic E-state index is -0.0150. The van der Waals surface area contributed by atoms with Crippen molar-refractivity contribution in [3.63, 3.8) is 0 Å². The molecule has 0 spiro atoms. The first kappa shape index (κ1) is 18.2. The highest BCUT2D eigenvalue weighted by Crippen LogP contribution is 2.28. The van der Waals surface area contributed by atoms with Gasteiger partial charge in [-0.1, -0.05) is 18.2 Å². The van der Waals surface area contributed by atoms with Gasteiger partial charge in [0.15, 0.2) is 0 Å². The van der Waals surface area contributed by atoms with Gasteiger partial charge in [-0.2, -0.15) is 0 Å². The fourth-order valence-electron chi connectivity index (χ4n) is 3.09. The van der Waals surface area contributed by atoms with Gasteiger partial charge in [0, 0.05) is 31.3 Å².